The van der Waals surface area contributed by atoms with Crippen LogP contribution in [0.2, 0.25) is 0 Å². The first-order chi connectivity index (χ1) is 15.0. The summed E-state index contributed by atoms with van der Waals surface area (Å²) in [5.41, 5.74) is 21.0. The highest BCUT2D eigenvalue weighted by molar-refractivity contribution is 5.70. The molecule has 7 N–H and O–H groups in total. The maximum atomic E-state index is 10.1. The molecule has 2 aromatic rings. The number of hydrogen-bond donors (Lipinski definition) is 4. The molecule has 7 heteroatoms. The van der Waals surface area contributed by atoms with Gasteiger partial charge in [0.05, 0.1) is 12.3 Å². The second kappa shape index (κ2) is 10.5. The molecule has 0 spiro atoms. The van der Waals surface area contributed by atoms with Crippen LogP contribution in [0.4, 0.5) is 5.69 Å². The first kappa shape index (κ1) is 22.2. The van der Waals surface area contributed by atoms with Crippen molar-refractivity contribution in [2.24, 2.45) is 17.2 Å². The third kappa shape index (κ3) is 5.78. The van der Waals surface area contributed by atoms with Gasteiger partial charge in [-0.3, -0.25) is 0 Å². The predicted octanol–water partition coefficient (Wildman–Crippen LogP) is 2.78. The molecule has 1 saturated heterocycles. The SMILES string of the molecule is CCCCOc1ccc(N2CCN(C(/C=C(\N)c3ccccc3O)=C(N)N)CC2)cc1. The van der Waals surface area contributed by atoms with Crippen LogP contribution in [-0.4, -0.2) is 42.8 Å². The van der Waals surface area contributed by atoms with E-state index in [4.69, 9.17) is 21.9 Å². The number of phenols is 1. The molecule has 3 rings (SSSR count). The topological polar surface area (TPSA) is 114 Å². The zero-order valence-corrected chi connectivity index (χ0v) is 18.1. The van der Waals surface area contributed by atoms with Gasteiger partial charge in [0.25, 0.3) is 0 Å². The van der Waals surface area contributed by atoms with Crippen LogP contribution in [0.15, 0.2) is 66.1 Å². The molecular weight excluding hydrogens is 390 g/mol. The van der Waals surface area contributed by atoms with Gasteiger partial charge in [-0.1, -0.05) is 25.5 Å². The number of para-hydroxylation sites is 1. The van der Waals surface area contributed by atoms with Crippen LogP contribution in [0.5, 0.6) is 11.5 Å². The molecule has 31 heavy (non-hydrogen) atoms. The maximum Gasteiger partial charge on any atom is 0.124 e. The monoisotopic (exact) mass is 423 g/mol. The zero-order valence-electron chi connectivity index (χ0n) is 18.1. The number of hydrogen-bond acceptors (Lipinski definition) is 7. The molecule has 0 bridgehead atoms. The smallest absolute Gasteiger partial charge is 0.124 e. The summed E-state index contributed by atoms with van der Waals surface area (Å²) in [4.78, 5) is 4.45. The van der Waals surface area contributed by atoms with Crippen LogP contribution in [-0.2, 0) is 0 Å². The average molecular weight is 424 g/mol. The minimum absolute atomic E-state index is 0.123. The van der Waals surface area contributed by atoms with Gasteiger partial charge >= 0.3 is 0 Å². The second-order valence-electron chi connectivity index (χ2n) is 7.63. The Kier molecular flexibility index (Phi) is 7.54. The van der Waals surface area contributed by atoms with Crippen LogP contribution in [0.25, 0.3) is 5.70 Å². The number of allylic oxidation sites excluding steroid dienone is 1. The summed E-state index contributed by atoms with van der Waals surface area (Å²) in [5, 5.41) is 10.1. The van der Waals surface area contributed by atoms with Gasteiger partial charge in [-0.05, 0) is 48.9 Å². The van der Waals surface area contributed by atoms with E-state index >= 15 is 0 Å². The fourth-order valence-corrected chi connectivity index (χ4v) is 3.59. The van der Waals surface area contributed by atoms with E-state index < -0.39 is 0 Å². The van der Waals surface area contributed by atoms with Crippen molar-refractivity contribution in [2.45, 2.75) is 19.8 Å². The first-order valence-electron chi connectivity index (χ1n) is 10.7. The summed E-state index contributed by atoms with van der Waals surface area (Å²) in [5.74, 6) is 1.24. The van der Waals surface area contributed by atoms with Gasteiger partial charge < -0.3 is 36.8 Å². The van der Waals surface area contributed by atoms with E-state index in [9.17, 15) is 5.11 Å². The maximum absolute atomic E-state index is 10.1. The number of nitrogens with zero attached hydrogens (tertiary/aromatic N) is 2. The Morgan fingerprint density at radius 1 is 1.00 bits per heavy atom. The van der Waals surface area contributed by atoms with Crippen LogP contribution >= 0.6 is 0 Å². The van der Waals surface area contributed by atoms with Gasteiger partial charge in [-0.2, -0.15) is 0 Å². The molecule has 0 aromatic heterocycles. The van der Waals surface area contributed by atoms with Crippen molar-refractivity contribution < 1.29 is 9.84 Å². The third-order valence-electron chi connectivity index (χ3n) is 5.39. The third-order valence-corrected chi connectivity index (χ3v) is 5.39. The van der Waals surface area contributed by atoms with E-state index in [1.165, 1.54) is 0 Å². The van der Waals surface area contributed by atoms with Crippen molar-refractivity contribution in [2.75, 3.05) is 37.7 Å². The van der Waals surface area contributed by atoms with Crippen LogP contribution in [0.3, 0.4) is 0 Å². The van der Waals surface area contributed by atoms with E-state index in [0.29, 0.717) is 17.0 Å². The average Bonchev–Trinajstić information content (AvgIpc) is 2.78. The Morgan fingerprint density at radius 3 is 2.29 bits per heavy atom. The molecule has 1 heterocycles. The molecule has 0 atom stereocenters. The first-order valence-corrected chi connectivity index (χ1v) is 10.7. The van der Waals surface area contributed by atoms with E-state index in [1.807, 2.05) is 18.2 Å². The zero-order chi connectivity index (χ0) is 22.2. The fraction of sp³-hybridized carbons (Fsp3) is 0.333. The lowest BCUT2D eigenvalue weighted by atomic mass is 10.1. The van der Waals surface area contributed by atoms with E-state index in [-0.39, 0.29) is 11.6 Å². The standard InChI is InChI=1S/C24H33N5O2/c1-2-3-16-31-19-10-8-18(9-11-19)28-12-14-29(15-13-28)22(24(26)27)17-21(25)20-6-4-5-7-23(20)30/h4-11,17,30H,2-3,12-16,25-27H2,1H3/b21-17-. The lowest BCUT2D eigenvalue weighted by molar-refractivity contribution is 0.309. The Hall–Kier alpha value is -3.48. The normalized spacial score (nSPS) is 14.4. The molecule has 166 valence electrons. The number of piperazine rings is 1. The lowest BCUT2D eigenvalue weighted by Crippen LogP contribution is -2.46. The summed E-state index contributed by atoms with van der Waals surface area (Å²) in [6, 6.07) is 15.2. The number of unbranched alkanes of at least 4 members (excludes halogenated alkanes) is 1. The minimum atomic E-state index is 0.123. The van der Waals surface area contributed by atoms with Crippen LogP contribution < -0.4 is 26.8 Å². The summed E-state index contributed by atoms with van der Waals surface area (Å²) in [6.45, 7) is 6.08. The molecule has 0 aliphatic carbocycles. The van der Waals surface area contributed by atoms with E-state index in [0.717, 1.165) is 57.1 Å². The molecule has 0 unspecified atom stereocenters. The molecule has 1 aliphatic heterocycles. The highest BCUT2D eigenvalue weighted by atomic mass is 16.5. The van der Waals surface area contributed by atoms with Crippen molar-refractivity contribution >= 4 is 11.4 Å². The van der Waals surface area contributed by atoms with Crippen molar-refractivity contribution in [3.8, 4) is 11.5 Å². The summed E-state index contributed by atoms with van der Waals surface area (Å²) >= 11 is 0. The van der Waals surface area contributed by atoms with Crippen LogP contribution in [0, 0.1) is 0 Å². The number of anilines is 1. The molecule has 0 radical (unpaired) electrons. The van der Waals surface area contributed by atoms with Gasteiger partial charge in [0.2, 0.25) is 0 Å². The molecular formula is C24H33N5O2. The summed E-state index contributed by atoms with van der Waals surface area (Å²) in [6.07, 6.45) is 3.93. The number of rotatable bonds is 8. The highest BCUT2D eigenvalue weighted by Crippen LogP contribution is 2.25. The van der Waals surface area contributed by atoms with Crippen molar-refractivity contribution in [3.05, 3.63) is 71.7 Å². The lowest BCUT2D eigenvalue weighted by Gasteiger charge is -2.38. The number of aromatic hydroxyl groups is 1. The molecule has 0 saturated carbocycles. The van der Waals surface area contributed by atoms with Gasteiger partial charge in [0, 0.05) is 43.1 Å². The largest absolute Gasteiger partial charge is 0.507 e. The Bertz CT molecular complexity index is 912. The fourth-order valence-electron chi connectivity index (χ4n) is 3.59. The molecule has 1 aliphatic rings. The molecule has 2 aromatic carbocycles. The highest BCUT2D eigenvalue weighted by Gasteiger charge is 2.20. The number of phenolic OH excluding ortho intramolecular Hbond substituents is 1. The minimum Gasteiger partial charge on any atom is -0.507 e. The van der Waals surface area contributed by atoms with Gasteiger partial charge in [-0.25, -0.2) is 0 Å². The van der Waals surface area contributed by atoms with Crippen molar-refractivity contribution in [3.63, 3.8) is 0 Å². The second-order valence-corrected chi connectivity index (χ2v) is 7.63. The quantitative estimate of drug-likeness (QED) is 0.381. The number of ether oxygens (including phenoxy) is 1. The molecule has 1 fully saturated rings. The molecule has 0 amide bonds. The van der Waals surface area contributed by atoms with E-state index in [2.05, 4.69) is 28.9 Å². The van der Waals surface area contributed by atoms with Gasteiger partial charge in [0.15, 0.2) is 0 Å². The van der Waals surface area contributed by atoms with E-state index in [1.54, 1.807) is 24.3 Å². The predicted molar refractivity (Wildman–Crippen MR) is 126 cm³/mol. The van der Waals surface area contributed by atoms with Crippen molar-refractivity contribution in [1.82, 2.24) is 4.90 Å². The summed E-state index contributed by atoms with van der Waals surface area (Å²) < 4.78 is 5.75. The summed E-state index contributed by atoms with van der Waals surface area (Å²) in [7, 11) is 0. The van der Waals surface area contributed by atoms with Gasteiger partial charge in [0.1, 0.15) is 17.3 Å². The molecule has 7 nitrogen and oxygen atoms in total. The Balaban J connectivity index is 1.64. The number of nitrogens with two attached hydrogens (primary N) is 3. The number of benzene rings is 2. The Morgan fingerprint density at radius 2 is 1.68 bits per heavy atom. The Labute approximate surface area is 184 Å². The van der Waals surface area contributed by atoms with Crippen molar-refractivity contribution in [1.29, 1.82) is 0 Å². The van der Waals surface area contributed by atoms with Gasteiger partial charge in [-0.15, -0.1) is 0 Å². The van der Waals surface area contributed by atoms with Crippen LogP contribution in [0.1, 0.15) is 25.3 Å².